The second-order valence-corrected chi connectivity index (χ2v) is 21.4. The molecule has 0 saturated heterocycles. The van der Waals surface area contributed by atoms with Crippen molar-refractivity contribution in [1.82, 2.24) is 5.32 Å². The lowest BCUT2D eigenvalue weighted by atomic mass is 10.0. The number of aliphatic hydroxyl groups excluding tert-OH is 1. The van der Waals surface area contributed by atoms with Gasteiger partial charge < -0.3 is 19.8 Å². The fraction of sp³-hybridized carbons (Fsp3) is 0.981. The lowest BCUT2D eigenvalue weighted by molar-refractivity contribution is -0.870. The average molecular weight is 888 g/mol. The predicted octanol–water partition coefficient (Wildman–Crippen LogP) is 15.7. The zero-order chi connectivity index (χ0) is 45.0. The van der Waals surface area contributed by atoms with Gasteiger partial charge in [0.15, 0.2) is 0 Å². The van der Waals surface area contributed by atoms with Gasteiger partial charge in [0.25, 0.3) is 0 Å². The number of amides is 1. The van der Waals surface area contributed by atoms with E-state index in [9.17, 15) is 19.4 Å². The molecule has 9 heteroatoms. The number of nitrogens with zero attached hydrogens (tertiary/aromatic N) is 1. The lowest BCUT2D eigenvalue weighted by Gasteiger charge is -2.26. The van der Waals surface area contributed by atoms with Crippen molar-refractivity contribution in [2.24, 2.45) is 0 Å². The molecule has 3 atom stereocenters. The van der Waals surface area contributed by atoms with E-state index in [4.69, 9.17) is 9.05 Å². The topological polar surface area (TPSA) is 105 Å². The van der Waals surface area contributed by atoms with Crippen molar-refractivity contribution in [3.8, 4) is 0 Å². The Kier molecular flexibility index (Phi) is 44.3. The second-order valence-electron chi connectivity index (χ2n) is 20.0. The molecule has 1 amide bonds. The summed E-state index contributed by atoms with van der Waals surface area (Å²) in [6.07, 6.45) is 52.8. The van der Waals surface area contributed by atoms with Gasteiger partial charge in [0.05, 0.1) is 39.9 Å². The first kappa shape index (κ1) is 60.5. The van der Waals surface area contributed by atoms with Crippen molar-refractivity contribution < 1.29 is 32.9 Å². The van der Waals surface area contributed by atoms with Gasteiger partial charge in [-0.15, -0.1) is 0 Å². The highest BCUT2D eigenvalue weighted by atomic mass is 31.2. The maximum Gasteiger partial charge on any atom is 0.472 e. The van der Waals surface area contributed by atoms with Gasteiger partial charge in [-0.25, -0.2) is 4.57 Å². The smallest absolute Gasteiger partial charge is 0.391 e. The molecule has 366 valence electrons. The monoisotopic (exact) mass is 888 g/mol. The Hall–Kier alpha value is -0.500. The average Bonchev–Trinajstić information content (AvgIpc) is 3.21. The quantitative estimate of drug-likeness (QED) is 0.0319. The van der Waals surface area contributed by atoms with Crippen LogP contribution in [0, 0.1) is 0 Å². The van der Waals surface area contributed by atoms with E-state index in [-0.39, 0.29) is 19.1 Å². The molecule has 0 saturated carbocycles. The number of likely N-dealkylation sites (N-methyl/N-ethyl adjacent to an activating group) is 1. The van der Waals surface area contributed by atoms with Crippen molar-refractivity contribution in [2.75, 3.05) is 40.9 Å². The Bertz CT molecular complexity index is 963. The van der Waals surface area contributed by atoms with Crippen molar-refractivity contribution in [2.45, 2.75) is 289 Å². The summed E-state index contributed by atoms with van der Waals surface area (Å²) in [6, 6.07) is -0.750. The van der Waals surface area contributed by atoms with E-state index in [1.807, 2.05) is 21.1 Å². The third-order valence-corrected chi connectivity index (χ3v) is 13.6. The van der Waals surface area contributed by atoms with Crippen LogP contribution in [0.25, 0.3) is 0 Å². The molecule has 0 spiro atoms. The molecule has 0 fully saturated rings. The van der Waals surface area contributed by atoms with Crippen LogP contribution in [0.5, 0.6) is 0 Å². The molecule has 0 aliphatic carbocycles. The zero-order valence-corrected chi connectivity index (χ0v) is 42.6. The summed E-state index contributed by atoms with van der Waals surface area (Å²) < 4.78 is 23.3. The van der Waals surface area contributed by atoms with Gasteiger partial charge in [0.1, 0.15) is 13.2 Å². The van der Waals surface area contributed by atoms with Gasteiger partial charge >= 0.3 is 7.82 Å². The summed E-state index contributed by atoms with van der Waals surface area (Å²) in [5.41, 5.74) is 0. The third-order valence-electron chi connectivity index (χ3n) is 12.6. The van der Waals surface area contributed by atoms with Crippen molar-refractivity contribution in [3.63, 3.8) is 0 Å². The number of hydrogen-bond acceptors (Lipinski definition) is 5. The Morgan fingerprint density at radius 3 is 1.10 bits per heavy atom. The number of phosphoric acid groups is 1. The minimum Gasteiger partial charge on any atom is -0.391 e. The highest BCUT2D eigenvalue weighted by Crippen LogP contribution is 2.43. The van der Waals surface area contributed by atoms with Gasteiger partial charge in [-0.2, -0.15) is 0 Å². The van der Waals surface area contributed by atoms with Gasteiger partial charge in [-0.1, -0.05) is 258 Å². The number of carbonyl (C=O) groups excluding carboxylic acids is 1. The second kappa shape index (κ2) is 44.7. The first-order valence-electron chi connectivity index (χ1n) is 26.9. The van der Waals surface area contributed by atoms with Crippen LogP contribution < -0.4 is 5.32 Å². The van der Waals surface area contributed by atoms with Crippen LogP contribution in [0.15, 0.2) is 0 Å². The van der Waals surface area contributed by atoms with Gasteiger partial charge in [0.2, 0.25) is 5.91 Å². The van der Waals surface area contributed by atoms with Crippen LogP contribution in [-0.2, 0) is 18.4 Å². The molecule has 0 radical (unpaired) electrons. The summed E-state index contributed by atoms with van der Waals surface area (Å²) in [6.45, 7) is 4.75. The first-order chi connectivity index (χ1) is 29.5. The SMILES string of the molecule is CCCCCCCCCCCCCCCCCCCCCCCCCCCCCCCCCCCCCCC(=O)NC(COP(=O)(O)OCC[N+](C)(C)C)C(O)CCCCC. The van der Waals surface area contributed by atoms with Crippen LogP contribution >= 0.6 is 7.82 Å². The highest BCUT2D eigenvalue weighted by Gasteiger charge is 2.28. The van der Waals surface area contributed by atoms with Crippen LogP contribution in [0.2, 0.25) is 0 Å². The normalized spacial score (nSPS) is 14.0. The minimum atomic E-state index is -4.29. The molecule has 0 aliphatic rings. The van der Waals surface area contributed by atoms with Gasteiger partial charge in [0, 0.05) is 6.42 Å². The number of quaternary nitrogens is 1. The molecule has 0 rings (SSSR count). The molecular formula is C52H108N2O6P+. The molecular weight excluding hydrogens is 780 g/mol. The largest absolute Gasteiger partial charge is 0.472 e. The zero-order valence-electron chi connectivity index (χ0n) is 41.7. The fourth-order valence-corrected chi connectivity index (χ4v) is 9.08. The number of phosphoric ester groups is 1. The van der Waals surface area contributed by atoms with E-state index >= 15 is 0 Å². The van der Waals surface area contributed by atoms with Crippen LogP contribution in [0.4, 0.5) is 0 Å². The summed E-state index contributed by atoms with van der Waals surface area (Å²) in [7, 11) is 1.62. The summed E-state index contributed by atoms with van der Waals surface area (Å²) in [5.74, 6) is -0.150. The Balaban J connectivity index is 3.58. The third kappa shape index (κ3) is 47.3. The maximum absolute atomic E-state index is 12.7. The number of nitrogens with one attached hydrogen (secondary N) is 1. The number of unbranched alkanes of at least 4 members (excludes halogenated alkanes) is 37. The molecule has 3 unspecified atom stereocenters. The summed E-state index contributed by atoms with van der Waals surface area (Å²) >= 11 is 0. The molecule has 3 N–H and O–H groups in total. The van der Waals surface area contributed by atoms with Crippen molar-refractivity contribution in [1.29, 1.82) is 0 Å². The molecule has 0 heterocycles. The summed E-state index contributed by atoms with van der Waals surface area (Å²) in [4.78, 5) is 22.9. The van der Waals surface area contributed by atoms with E-state index in [0.717, 1.165) is 38.5 Å². The van der Waals surface area contributed by atoms with Crippen LogP contribution in [0.3, 0.4) is 0 Å². The van der Waals surface area contributed by atoms with Crippen molar-refractivity contribution >= 4 is 13.7 Å². The predicted molar refractivity (Wildman–Crippen MR) is 263 cm³/mol. The molecule has 0 aromatic rings. The molecule has 0 aliphatic heterocycles. The molecule has 61 heavy (non-hydrogen) atoms. The lowest BCUT2D eigenvalue weighted by Crippen LogP contribution is -2.46. The molecule has 0 aromatic heterocycles. The Morgan fingerprint density at radius 2 is 0.787 bits per heavy atom. The van der Waals surface area contributed by atoms with E-state index in [0.29, 0.717) is 23.9 Å². The number of carbonyl (C=O) groups is 1. The van der Waals surface area contributed by atoms with E-state index in [1.54, 1.807) is 0 Å². The molecule has 0 aromatic carbocycles. The van der Waals surface area contributed by atoms with Crippen molar-refractivity contribution in [3.05, 3.63) is 0 Å². The van der Waals surface area contributed by atoms with Gasteiger partial charge in [-0.05, 0) is 12.8 Å². The Morgan fingerprint density at radius 1 is 0.492 bits per heavy atom. The summed E-state index contributed by atoms with van der Waals surface area (Å²) in [5, 5.41) is 13.6. The van der Waals surface area contributed by atoms with Gasteiger partial charge in [-0.3, -0.25) is 13.8 Å². The maximum atomic E-state index is 12.7. The fourth-order valence-electron chi connectivity index (χ4n) is 8.34. The van der Waals surface area contributed by atoms with Crippen LogP contribution in [-0.4, -0.2) is 73.4 Å². The number of aliphatic hydroxyl groups is 1. The molecule has 8 nitrogen and oxygen atoms in total. The molecule has 0 bridgehead atoms. The van der Waals surface area contributed by atoms with Crippen LogP contribution in [0.1, 0.15) is 277 Å². The van der Waals surface area contributed by atoms with E-state index < -0.39 is 20.0 Å². The number of rotatable bonds is 50. The first-order valence-corrected chi connectivity index (χ1v) is 28.4. The standard InChI is InChI=1S/C52H107N2O6P/c1-6-8-10-11-12-13-14-15-16-17-18-19-20-21-22-23-24-25-26-27-28-29-30-31-32-33-34-35-36-37-38-39-40-41-42-44-46-52(56)53-50(51(55)45-43-9-7-2)49-60-61(57,58)59-48-47-54(3,4)5/h50-51,55H,6-49H2,1-5H3,(H-,53,56,57,58)/p+1. The van der Waals surface area contributed by atoms with E-state index in [2.05, 4.69) is 19.2 Å². The Labute approximate surface area is 380 Å². The van der Waals surface area contributed by atoms with E-state index in [1.165, 1.54) is 212 Å². The number of hydrogen-bond donors (Lipinski definition) is 3. The minimum absolute atomic E-state index is 0.0765. The highest BCUT2D eigenvalue weighted by molar-refractivity contribution is 7.47.